The molecule has 1 fully saturated rings. The average Bonchev–Trinajstić information content (AvgIpc) is 2.62. The third-order valence-electron chi connectivity index (χ3n) is 4.61. The zero-order chi connectivity index (χ0) is 17.8. The van der Waals surface area contributed by atoms with Gasteiger partial charge in [-0.25, -0.2) is 4.98 Å². The van der Waals surface area contributed by atoms with Crippen LogP contribution >= 0.6 is 27.5 Å². The Kier molecular flexibility index (Phi) is 5.97. The monoisotopic (exact) mass is 421 g/mol. The van der Waals surface area contributed by atoms with Crippen molar-refractivity contribution < 1.29 is 4.79 Å². The van der Waals surface area contributed by atoms with Crippen LogP contribution in [0.3, 0.4) is 0 Å². The van der Waals surface area contributed by atoms with E-state index in [1.807, 2.05) is 43.3 Å². The molecule has 1 aliphatic heterocycles. The quantitative estimate of drug-likeness (QED) is 0.784. The van der Waals surface area contributed by atoms with Crippen LogP contribution in [0.2, 0.25) is 5.02 Å². The van der Waals surface area contributed by atoms with Crippen molar-refractivity contribution in [2.75, 3.05) is 18.0 Å². The number of nitrogens with zero attached hydrogens (tertiary/aromatic N) is 2. The van der Waals surface area contributed by atoms with Crippen LogP contribution in [0.15, 0.2) is 47.1 Å². The van der Waals surface area contributed by atoms with Gasteiger partial charge in [0, 0.05) is 29.7 Å². The van der Waals surface area contributed by atoms with Gasteiger partial charge in [0.15, 0.2) is 0 Å². The summed E-state index contributed by atoms with van der Waals surface area (Å²) in [7, 11) is 0. The maximum atomic E-state index is 12.6. The van der Waals surface area contributed by atoms with Gasteiger partial charge in [-0.05, 0) is 49.6 Å². The van der Waals surface area contributed by atoms with Crippen LogP contribution in [0.5, 0.6) is 0 Å². The first-order valence-electron chi connectivity index (χ1n) is 8.45. The molecule has 1 atom stereocenters. The Morgan fingerprint density at radius 2 is 2.08 bits per heavy atom. The molecule has 4 nitrogen and oxygen atoms in total. The van der Waals surface area contributed by atoms with Crippen molar-refractivity contribution in [3.8, 4) is 0 Å². The summed E-state index contributed by atoms with van der Waals surface area (Å²) in [5.74, 6) is 1.11. The number of piperidine rings is 1. The SMILES string of the molecule is CC(NC(=O)C1CCN(c2ccc(Cl)cn2)CC1)c1cccc(Br)c1. The molecule has 0 saturated carbocycles. The van der Waals surface area contributed by atoms with Crippen molar-refractivity contribution in [3.63, 3.8) is 0 Å². The second-order valence-electron chi connectivity index (χ2n) is 6.38. The van der Waals surface area contributed by atoms with Crippen LogP contribution in [0.4, 0.5) is 5.82 Å². The molecule has 1 amide bonds. The molecule has 2 heterocycles. The molecule has 3 rings (SSSR count). The van der Waals surface area contributed by atoms with Crippen LogP contribution in [0.1, 0.15) is 31.4 Å². The fourth-order valence-corrected chi connectivity index (χ4v) is 3.65. The summed E-state index contributed by atoms with van der Waals surface area (Å²) in [5.41, 5.74) is 1.10. The minimum absolute atomic E-state index is 0.000890. The van der Waals surface area contributed by atoms with Gasteiger partial charge in [-0.2, -0.15) is 0 Å². The summed E-state index contributed by atoms with van der Waals surface area (Å²) in [6, 6.07) is 11.8. The highest BCUT2D eigenvalue weighted by atomic mass is 79.9. The average molecular weight is 423 g/mol. The highest BCUT2D eigenvalue weighted by Gasteiger charge is 2.26. The second-order valence-corrected chi connectivity index (χ2v) is 7.73. The first-order chi connectivity index (χ1) is 12.0. The lowest BCUT2D eigenvalue weighted by Gasteiger charge is -2.32. The maximum absolute atomic E-state index is 12.6. The largest absolute Gasteiger partial charge is 0.357 e. The van der Waals surface area contributed by atoms with E-state index in [4.69, 9.17) is 11.6 Å². The van der Waals surface area contributed by atoms with Gasteiger partial charge in [-0.15, -0.1) is 0 Å². The molecule has 2 aromatic rings. The Hall–Kier alpha value is -1.59. The van der Waals surface area contributed by atoms with Gasteiger partial charge in [-0.1, -0.05) is 39.7 Å². The van der Waals surface area contributed by atoms with Crippen LogP contribution in [-0.2, 0) is 4.79 Å². The highest BCUT2D eigenvalue weighted by Crippen LogP contribution is 2.24. The number of anilines is 1. The van der Waals surface area contributed by atoms with Gasteiger partial charge in [0.2, 0.25) is 5.91 Å². The Bertz CT molecular complexity index is 730. The highest BCUT2D eigenvalue weighted by molar-refractivity contribution is 9.10. The maximum Gasteiger partial charge on any atom is 0.223 e. The summed E-state index contributed by atoms with van der Waals surface area (Å²) in [5, 5.41) is 3.78. The van der Waals surface area contributed by atoms with Crippen LogP contribution < -0.4 is 10.2 Å². The molecular formula is C19H21BrClN3O. The van der Waals surface area contributed by atoms with Crippen molar-refractivity contribution in [1.29, 1.82) is 0 Å². The predicted octanol–water partition coefficient (Wildman–Crippen LogP) is 4.59. The first-order valence-corrected chi connectivity index (χ1v) is 9.62. The van der Waals surface area contributed by atoms with Crippen LogP contribution in [-0.4, -0.2) is 24.0 Å². The number of carbonyl (C=O) groups is 1. The molecule has 25 heavy (non-hydrogen) atoms. The Morgan fingerprint density at radius 1 is 1.32 bits per heavy atom. The van der Waals surface area contributed by atoms with Gasteiger partial charge >= 0.3 is 0 Å². The normalized spacial score (nSPS) is 16.5. The van der Waals surface area contributed by atoms with Crippen molar-refractivity contribution in [1.82, 2.24) is 10.3 Å². The predicted molar refractivity (Wildman–Crippen MR) is 105 cm³/mol. The van der Waals surface area contributed by atoms with E-state index in [9.17, 15) is 4.79 Å². The lowest BCUT2D eigenvalue weighted by atomic mass is 9.95. The van der Waals surface area contributed by atoms with E-state index in [0.29, 0.717) is 5.02 Å². The molecule has 1 aromatic heterocycles. The third-order valence-corrected chi connectivity index (χ3v) is 5.33. The molecule has 1 saturated heterocycles. The van der Waals surface area contributed by atoms with Crippen molar-refractivity contribution in [2.24, 2.45) is 5.92 Å². The van der Waals surface area contributed by atoms with E-state index in [0.717, 1.165) is 41.8 Å². The smallest absolute Gasteiger partial charge is 0.223 e. The number of pyridine rings is 1. The lowest BCUT2D eigenvalue weighted by molar-refractivity contribution is -0.126. The number of aromatic nitrogens is 1. The Balaban J connectivity index is 1.53. The molecule has 1 N–H and O–H groups in total. The van der Waals surface area contributed by atoms with Gasteiger partial charge < -0.3 is 10.2 Å². The summed E-state index contributed by atoms with van der Waals surface area (Å²) < 4.78 is 1.02. The molecule has 0 aliphatic carbocycles. The Morgan fingerprint density at radius 3 is 2.72 bits per heavy atom. The van der Waals surface area contributed by atoms with E-state index in [1.54, 1.807) is 6.20 Å². The summed E-state index contributed by atoms with van der Waals surface area (Å²) in [4.78, 5) is 19.1. The van der Waals surface area contributed by atoms with E-state index in [-0.39, 0.29) is 17.9 Å². The van der Waals surface area contributed by atoms with Crippen molar-refractivity contribution in [2.45, 2.75) is 25.8 Å². The van der Waals surface area contributed by atoms with E-state index in [2.05, 4.69) is 31.1 Å². The molecule has 0 spiro atoms. The van der Waals surface area contributed by atoms with Gasteiger partial charge in [0.05, 0.1) is 11.1 Å². The zero-order valence-electron chi connectivity index (χ0n) is 14.1. The van der Waals surface area contributed by atoms with Gasteiger partial charge in [-0.3, -0.25) is 4.79 Å². The molecule has 1 unspecified atom stereocenters. The van der Waals surface area contributed by atoms with E-state index < -0.39 is 0 Å². The fourth-order valence-electron chi connectivity index (χ4n) is 3.12. The molecule has 6 heteroatoms. The van der Waals surface area contributed by atoms with Gasteiger partial charge in [0.25, 0.3) is 0 Å². The Labute approximate surface area is 161 Å². The van der Waals surface area contributed by atoms with E-state index >= 15 is 0 Å². The number of halogens is 2. The minimum Gasteiger partial charge on any atom is -0.357 e. The zero-order valence-corrected chi connectivity index (χ0v) is 16.4. The number of nitrogens with one attached hydrogen (secondary N) is 1. The van der Waals surface area contributed by atoms with E-state index in [1.165, 1.54) is 0 Å². The number of rotatable bonds is 4. The second kappa shape index (κ2) is 8.19. The van der Waals surface area contributed by atoms with Crippen LogP contribution in [0.25, 0.3) is 0 Å². The molecule has 132 valence electrons. The molecular weight excluding hydrogens is 402 g/mol. The summed E-state index contributed by atoms with van der Waals surface area (Å²) in [6.07, 6.45) is 3.33. The van der Waals surface area contributed by atoms with Crippen LogP contribution in [0, 0.1) is 5.92 Å². The molecule has 0 bridgehead atoms. The standard InChI is InChI=1S/C19H21BrClN3O/c1-13(15-3-2-4-16(20)11-15)23-19(25)14-7-9-24(10-8-14)18-6-5-17(21)12-22-18/h2-6,11-14H,7-10H2,1H3,(H,23,25). The first kappa shape index (κ1) is 18.2. The number of carbonyl (C=O) groups excluding carboxylic acids is 1. The molecule has 1 aliphatic rings. The van der Waals surface area contributed by atoms with Crippen molar-refractivity contribution >= 4 is 39.3 Å². The number of hydrogen-bond acceptors (Lipinski definition) is 3. The topological polar surface area (TPSA) is 45.2 Å². The number of hydrogen-bond donors (Lipinski definition) is 1. The molecule has 0 radical (unpaired) electrons. The molecule has 1 aromatic carbocycles. The minimum atomic E-state index is 0.000890. The lowest BCUT2D eigenvalue weighted by Crippen LogP contribution is -2.41. The fraction of sp³-hybridized carbons (Fsp3) is 0.368. The number of amides is 1. The summed E-state index contributed by atoms with van der Waals surface area (Å²) in [6.45, 7) is 3.68. The number of benzene rings is 1. The van der Waals surface area contributed by atoms with Gasteiger partial charge in [0.1, 0.15) is 5.82 Å². The van der Waals surface area contributed by atoms with Crippen molar-refractivity contribution in [3.05, 3.63) is 57.7 Å². The summed E-state index contributed by atoms with van der Waals surface area (Å²) >= 11 is 9.36. The third kappa shape index (κ3) is 4.73.